The molecule has 0 aliphatic carbocycles. The fourth-order valence-corrected chi connectivity index (χ4v) is 2.70. The Balaban J connectivity index is 2.04. The molecule has 1 saturated heterocycles. The number of carbonyl (C=O) groups is 1. The molecule has 0 amide bonds. The second-order valence-electron chi connectivity index (χ2n) is 3.80. The minimum absolute atomic E-state index is 0.574. The Morgan fingerprint density at radius 1 is 1.57 bits per heavy atom. The summed E-state index contributed by atoms with van der Waals surface area (Å²) in [5.41, 5.74) is 0. The first-order chi connectivity index (χ1) is 6.79. The van der Waals surface area contributed by atoms with E-state index in [0.29, 0.717) is 5.92 Å². The number of rotatable bonds is 2. The number of carbonyl (C=O) groups excluding carboxylic acids is 1. The van der Waals surface area contributed by atoms with Gasteiger partial charge in [-0.15, -0.1) is 11.3 Å². The molecule has 0 unspecified atom stereocenters. The van der Waals surface area contributed by atoms with E-state index in [0.717, 1.165) is 29.3 Å². The molecular weight excluding hydrogens is 196 g/mol. The quantitative estimate of drug-likeness (QED) is 0.697. The average molecular weight is 210 g/mol. The van der Waals surface area contributed by atoms with Crippen molar-refractivity contribution in [3.05, 3.63) is 16.1 Å². The van der Waals surface area contributed by atoms with Crippen molar-refractivity contribution in [2.45, 2.75) is 18.8 Å². The molecule has 1 aliphatic heterocycles. The van der Waals surface area contributed by atoms with Crippen LogP contribution >= 0.6 is 11.3 Å². The van der Waals surface area contributed by atoms with Gasteiger partial charge < -0.3 is 4.90 Å². The summed E-state index contributed by atoms with van der Waals surface area (Å²) in [5, 5.41) is 1.14. The number of hydrogen-bond donors (Lipinski definition) is 0. The first kappa shape index (κ1) is 9.80. The maximum absolute atomic E-state index is 10.5. The van der Waals surface area contributed by atoms with Crippen LogP contribution in [0.25, 0.3) is 0 Å². The van der Waals surface area contributed by atoms with Crippen molar-refractivity contribution in [3.8, 4) is 0 Å². The lowest BCUT2D eigenvalue weighted by Gasteiger charge is -2.27. The molecule has 4 heteroatoms. The number of aromatic nitrogens is 1. The van der Waals surface area contributed by atoms with E-state index in [1.165, 1.54) is 12.8 Å². The number of nitrogens with zero attached hydrogens (tertiary/aromatic N) is 2. The predicted molar refractivity (Wildman–Crippen MR) is 57.0 cm³/mol. The van der Waals surface area contributed by atoms with Gasteiger partial charge >= 0.3 is 0 Å². The smallest absolute Gasteiger partial charge is 0.161 e. The van der Waals surface area contributed by atoms with Crippen LogP contribution in [-0.4, -0.2) is 36.3 Å². The number of likely N-dealkylation sites (tertiary alicyclic amines) is 1. The second-order valence-corrected chi connectivity index (χ2v) is 4.89. The van der Waals surface area contributed by atoms with Gasteiger partial charge in [-0.3, -0.25) is 4.79 Å². The van der Waals surface area contributed by atoms with E-state index < -0.39 is 0 Å². The van der Waals surface area contributed by atoms with Crippen LogP contribution < -0.4 is 0 Å². The highest BCUT2D eigenvalue weighted by Crippen LogP contribution is 2.29. The molecule has 1 aromatic rings. The SMILES string of the molecule is CN1CCC(c2ncc(C=O)s2)CC1. The summed E-state index contributed by atoms with van der Waals surface area (Å²) >= 11 is 1.54. The zero-order valence-electron chi connectivity index (χ0n) is 8.27. The van der Waals surface area contributed by atoms with Crippen LogP contribution in [0.3, 0.4) is 0 Å². The molecule has 1 aromatic heterocycles. The summed E-state index contributed by atoms with van der Waals surface area (Å²) in [5.74, 6) is 0.574. The van der Waals surface area contributed by atoms with Crippen LogP contribution in [0.5, 0.6) is 0 Å². The van der Waals surface area contributed by atoms with Crippen LogP contribution in [0.2, 0.25) is 0 Å². The molecule has 14 heavy (non-hydrogen) atoms. The van der Waals surface area contributed by atoms with Crippen molar-refractivity contribution in [1.29, 1.82) is 0 Å². The molecule has 0 aromatic carbocycles. The van der Waals surface area contributed by atoms with E-state index in [9.17, 15) is 4.79 Å². The summed E-state index contributed by atoms with van der Waals surface area (Å²) in [6.07, 6.45) is 4.91. The average Bonchev–Trinajstić information content (AvgIpc) is 2.67. The molecule has 0 spiro atoms. The molecule has 1 aliphatic rings. The van der Waals surface area contributed by atoms with Gasteiger partial charge in [0.05, 0.1) is 9.88 Å². The van der Waals surface area contributed by atoms with E-state index >= 15 is 0 Å². The van der Waals surface area contributed by atoms with Crippen molar-refractivity contribution in [3.63, 3.8) is 0 Å². The molecule has 0 N–H and O–H groups in total. The standard InChI is InChI=1S/C10H14N2OS/c1-12-4-2-8(3-5-12)10-11-6-9(7-13)14-10/h6-8H,2-5H2,1H3. The molecule has 0 radical (unpaired) electrons. The predicted octanol–water partition coefficient (Wildman–Crippen LogP) is 1.76. The van der Waals surface area contributed by atoms with Crippen LogP contribution in [-0.2, 0) is 0 Å². The largest absolute Gasteiger partial charge is 0.306 e. The minimum atomic E-state index is 0.574. The molecule has 0 bridgehead atoms. The highest BCUT2D eigenvalue weighted by Gasteiger charge is 2.20. The summed E-state index contributed by atoms with van der Waals surface area (Å²) in [7, 11) is 2.15. The molecule has 2 heterocycles. The normalized spacial score (nSPS) is 19.8. The van der Waals surface area contributed by atoms with Gasteiger partial charge in [0.2, 0.25) is 0 Å². The first-order valence-electron chi connectivity index (χ1n) is 4.89. The van der Waals surface area contributed by atoms with E-state index in [-0.39, 0.29) is 0 Å². The maximum atomic E-state index is 10.5. The Bertz CT molecular complexity index is 316. The van der Waals surface area contributed by atoms with Crippen molar-refractivity contribution in [1.82, 2.24) is 9.88 Å². The van der Waals surface area contributed by atoms with E-state index in [1.807, 2.05) is 0 Å². The third-order valence-corrected chi connectivity index (χ3v) is 3.81. The molecule has 0 atom stereocenters. The summed E-state index contributed by atoms with van der Waals surface area (Å²) < 4.78 is 0. The fraction of sp³-hybridized carbons (Fsp3) is 0.600. The highest BCUT2D eigenvalue weighted by molar-refractivity contribution is 7.13. The van der Waals surface area contributed by atoms with Gasteiger partial charge in [0.15, 0.2) is 6.29 Å². The lowest BCUT2D eigenvalue weighted by Crippen LogP contribution is -2.29. The Morgan fingerprint density at radius 3 is 2.86 bits per heavy atom. The Kier molecular flexibility index (Phi) is 2.93. The van der Waals surface area contributed by atoms with Crippen molar-refractivity contribution < 1.29 is 4.79 Å². The number of thiazole rings is 1. The third kappa shape index (κ3) is 2.01. The summed E-state index contributed by atoms with van der Waals surface area (Å²) in [4.78, 5) is 17.9. The van der Waals surface area contributed by atoms with Gasteiger partial charge in [0.25, 0.3) is 0 Å². The molecule has 0 saturated carbocycles. The van der Waals surface area contributed by atoms with Gasteiger partial charge in [-0.05, 0) is 33.0 Å². The summed E-state index contributed by atoms with van der Waals surface area (Å²) in [6, 6.07) is 0. The Labute approximate surface area is 87.8 Å². The monoisotopic (exact) mass is 210 g/mol. The van der Waals surface area contributed by atoms with Gasteiger partial charge in [-0.1, -0.05) is 0 Å². The van der Waals surface area contributed by atoms with Crippen LogP contribution in [0.4, 0.5) is 0 Å². The minimum Gasteiger partial charge on any atom is -0.306 e. The zero-order chi connectivity index (χ0) is 9.97. The molecule has 76 valence electrons. The van der Waals surface area contributed by atoms with Gasteiger partial charge in [-0.25, -0.2) is 4.98 Å². The molecule has 3 nitrogen and oxygen atoms in total. The number of piperidine rings is 1. The lowest BCUT2D eigenvalue weighted by atomic mass is 9.98. The highest BCUT2D eigenvalue weighted by atomic mass is 32.1. The zero-order valence-corrected chi connectivity index (χ0v) is 9.09. The van der Waals surface area contributed by atoms with Crippen LogP contribution in [0.15, 0.2) is 6.20 Å². The fourth-order valence-electron chi connectivity index (χ4n) is 1.80. The van der Waals surface area contributed by atoms with E-state index in [4.69, 9.17) is 0 Å². The summed E-state index contributed by atoms with van der Waals surface area (Å²) in [6.45, 7) is 2.28. The molecule has 2 rings (SSSR count). The number of aldehydes is 1. The number of hydrogen-bond acceptors (Lipinski definition) is 4. The van der Waals surface area contributed by atoms with E-state index in [1.54, 1.807) is 17.5 Å². The Morgan fingerprint density at radius 2 is 2.29 bits per heavy atom. The van der Waals surface area contributed by atoms with Crippen LogP contribution in [0.1, 0.15) is 33.4 Å². The van der Waals surface area contributed by atoms with Crippen molar-refractivity contribution in [2.75, 3.05) is 20.1 Å². The van der Waals surface area contributed by atoms with Crippen LogP contribution in [0, 0.1) is 0 Å². The first-order valence-corrected chi connectivity index (χ1v) is 5.70. The third-order valence-electron chi connectivity index (χ3n) is 2.73. The van der Waals surface area contributed by atoms with Gasteiger partial charge in [-0.2, -0.15) is 0 Å². The second kappa shape index (κ2) is 4.19. The Hall–Kier alpha value is -0.740. The van der Waals surface area contributed by atoms with E-state index in [2.05, 4.69) is 16.9 Å². The van der Waals surface area contributed by atoms with Gasteiger partial charge in [0.1, 0.15) is 0 Å². The molecule has 1 fully saturated rings. The maximum Gasteiger partial charge on any atom is 0.161 e. The molecular formula is C10H14N2OS. The van der Waals surface area contributed by atoms with Crippen molar-refractivity contribution in [2.24, 2.45) is 0 Å². The topological polar surface area (TPSA) is 33.2 Å². The lowest BCUT2D eigenvalue weighted by molar-refractivity contribution is 0.112. The van der Waals surface area contributed by atoms with Crippen molar-refractivity contribution >= 4 is 17.6 Å². The van der Waals surface area contributed by atoms with Gasteiger partial charge in [0, 0.05) is 12.1 Å².